The van der Waals surface area contributed by atoms with Crippen LogP contribution in [0.3, 0.4) is 0 Å². The van der Waals surface area contributed by atoms with Crippen molar-refractivity contribution in [1.82, 2.24) is 4.98 Å². The highest BCUT2D eigenvalue weighted by Crippen LogP contribution is 2.29. The minimum Gasteiger partial charge on any atom is -0.460 e. The molecule has 1 aliphatic carbocycles. The Labute approximate surface area is 169 Å². The van der Waals surface area contributed by atoms with Gasteiger partial charge in [-0.25, -0.2) is 9.78 Å². The minimum atomic E-state index is -0.442. The second kappa shape index (κ2) is 7.40. The van der Waals surface area contributed by atoms with Gasteiger partial charge in [0, 0.05) is 17.0 Å². The molecule has 0 N–H and O–H groups in total. The number of oxazole rings is 1. The van der Waals surface area contributed by atoms with Gasteiger partial charge in [0.05, 0.1) is 0 Å². The minimum absolute atomic E-state index is 0.0217. The fraction of sp³-hybridized carbons (Fsp3) is 0.227. The van der Waals surface area contributed by atoms with Gasteiger partial charge in [-0.2, -0.15) is 0 Å². The van der Waals surface area contributed by atoms with Crippen molar-refractivity contribution < 1.29 is 18.4 Å². The van der Waals surface area contributed by atoms with E-state index in [4.69, 9.17) is 13.6 Å². The van der Waals surface area contributed by atoms with E-state index in [9.17, 15) is 9.59 Å². The van der Waals surface area contributed by atoms with E-state index >= 15 is 0 Å². The molecular weight excluding hydrogens is 390 g/mol. The molecule has 4 aromatic rings. The molecule has 0 amide bonds. The van der Waals surface area contributed by atoms with Gasteiger partial charge >= 0.3 is 11.6 Å². The van der Waals surface area contributed by atoms with Crippen LogP contribution in [-0.2, 0) is 29.0 Å². The summed E-state index contributed by atoms with van der Waals surface area (Å²) in [6, 6.07) is 12.8. The summed E-state index contributed by atoms with van der Waals surface area (Å²) in [5, 5.41) is 1.24. The number of aromatic nitrogens is 1. The van der Waals surface area contributed by atoms with Gasteiger partial charge in [0.2, 0.25) is 0 Å². The molecule has 0 aliphatic heterocycles. The second-order valence-electron chi connectivity index (χ2n) is 6.96. The van der Waals surface area contributed by atoms with E-state index in [1.165, 1.54) is 29.0 Å². The predicted molar refractivity (Wildman–Crippen MR) is 109 cm³/mol. The molecule has 7 heteroatoms. The molecule has 2 aromatic heterocycles. The van der Waals surface area contributed by atoms with Crippen molar-refractivity contribution in [3.05, 3.63) is 69.6 Å². The standard InChI is InChI=1S/C22H17NO5S/c24-20-10-15(16-8-13-4-3-5-14(13)9-19(16)27-20)11-26-21(25)12-29-22-23-17-6-1-2-7-18(17)28-22/h1-2,6-10H,3-5,11-12H2. The molecule has 5 rings (SSSR count). The average Bonchev–Trinajstić information content (AvgIpc) is 3.34. The predicted octanol–water partition coefficient (Wildman–Crippen LogP) is 4.26. The summed E-state index contributed by atoms with van der Waals surface area (Å²) in [5.74, 6) is -0.332. The van der Waals surface area contributed by atoms with Gasteiger partial charge in [0.15, 0.2) is 5.58 Å². The molecule has 0 spiro atoms. The van der Waals surface area contributed by atoms with Crippen LogP contribution in [0.25, 0.3) is 22.1 Å². The lowest BCUT2D eigenvalue weighted by atomic mass is 10.0. The third-order valence-electron chi connectivity index (χ3n) is 5.02. The van der Waals surface area contributed by atoms with Crippen LogP contribution < -0.4 is 5.63 Å². The third kappa shape index (κ3) is 3.65. The normalized spacial score (nSPS) is 13.1. The molecule has 2 aromatic carbocycles. The van der Waals surface area contributed by atoms with Crippen LogP contribution in [0.2, 0.25) is 0 Å². The smallest absolute Gasteiger partial charge is 0.336 e. The summed E-state index contributed by atoms with van der Waals surface area (Å²) in [6.45, 7) is 0.0217. The Bertz CT molecular complexity index is 1260. The number of ether oxygens (including phenoxy) is 1. The molecule has 146 valence electrons. The third-order valence-corrected chi connectivity index (χ3v) is 5.82. The van der Waals surface area contributed by atoms with Gasteiger partial charge in [0.1, 0.15) is 23.5 Å². The second-order valence-corrected chi connectivity index (χ2v) is 7.88. The maximum atomic E-state index is 12.2. The van der Waals surface area contributed by atoms with Crippen LogP contribution in [0.1, 0.15) is 23.1 Å². The first-order valence-corrected chi connectivity index (χ1v) is 10.4. The number of hydrogen-bond donors (Lipinski definition) is 0. The molecule has 29 heavy (non-hydrogen) atoms. The van der Waals surface area contributed by atoms with Crippen LogP contribution in [0.4, 0.5) is 0 Å². The molecule has 0 radical (unpaired) electrons. The van der Waals surface area contributed by atoms with Crippen LogP contribution in [-0.4, -0.2) is 16.7 Å². The maximum absolute atomic E-state index is 12.2. The van der Waals surface area contributed by atoms with Crippen LogP contribution in [0.5, 0.6) is 0 Å². The lowest BCUT2D eigenvalue weighted by Gasteiger charge is -2.08. The average molecular weight is 407 g/mol. The monoisotopic (exact) mass is 407 g/mol. The van der Waals surface area contributed by atoms with E-state index in [1.807, 2.05) is 30.3 Å². The fourth-order valence-electron chi connectivity index (χ4n) is 3.65. The Morgan fingerprint density at radius 3 is 2.76 bits per heavy atom. The first kappa shape index (κ1) is 18.0. The van der Waals surface area contributed by atoms with Crippen molar-refractivity contribution in [1.29, 1.82) is 0 Å². The number of esters is 1. The lowest BCUT2D eigenvalue weighted by Crippen LogP contribution is -2.09. The quantitative estimate of drug-likeness (QED) is 0.278. The van der Waals surface area contributed by atoms with E-state index in [0.29, 0.717) is 22.0 Å². The molecule has 6 nitrogen and oxygen atoms in total. The van der Waals surface area contributed by atoms with E-state index in [0.717, 1.165) is 30.2 Å². The number of para-hydroxylation sites is 2. The number of hydrogen-bond acceptors (Lipinski definition) is 7. The van der Waals surface area contributed by atoms with E-state index in [1.54, 1.807) is 0 Å². The van der Waals surface area contributed by atoms with E-state index < -0.39 is 11.6 Å². The Morgan fingerprint density at radius 2 is 1.90 bits per heavy atom. The molecule has 2 heterocycles. The summed E-state index contributed by atoms with van der Waals surface area (Å²) in [4.78, 5) is 28.4. The molecule has 0 bridgehead atoms. The fourth-order valence-corrected chi connectivity index (χ4v) is 4.28. The molecule has 1 aliphatic rings. The molecule has 0 unspecified atom stereocenters. The topological polar surface area (TPSA) is 82.5 Å². The number of carbonyl (C=O) groups excluding carboxylic acids is 1. The van der Waals surface area contributed by atoms with Gasteiger partial charge in [-0.1, -0.05) is 23.9 Å². The first-order chi connectivity index (χ1) is 14.2. The van der Waals surface area contributed by atoms with Gasteiger partial charge in [0.25, 0.3) is 5.22 Å². The SMILES string of the molecule is O=C(CSc1nc2ccccc2o1)OCc1cc(=O)oc2cc3c(cc12)CCC3. The lowest BCUT2D eigenvalue weighted by molar-refractivity contribution is -0.141. The Morgan fingerprint density at radius 1 is 1.07 bits per heavy atom. The highest BCUT2D eigenvalue weighted by molar-refractivity contribution is 7.99. The Balaban J connectivity index is 1.28. The number of nitrogens with zero attached hydrogens (tertiary/aromatic N) is 1. The van der Waals surface area contributed by atoms with E-state index in [2.05, 4.69) is 11.1 Å². The van der Waals surface area contributed by atoms with Crippen LogP contribution in [0.15, 0.2) is 61.3 Å². The van der Waals surface area contributed by atoms with Gasteiger partial charge in [-0.15, -0.1) is 0 Å². The van der Waals surface area contributed by atoms with Crippen molar-refractivity contribution in [2.24, 2.45) is 0 Å². The summed E-state index contributed by atoms with van der Waals surface area (Å²) in [6.07, 6.45) is 3.12. The summed E-state index contributed by atoms with van der Waals surface area (Å²) in [5.41, 5.74) is 4.69. The Hall–Kier alpha value is -3.06. The van der Waals surface area contributed by atoms with Crippen molar-refractivity contribution in [2.45, 2.75) is 31.1 Å². The number of fused-ring (bicyclic) bond motifs is 3. The number of rotatable bonds is 5. The highest BCUT2D eigenvalue weighted by atomic mass is 32.2. The van der Waals surface area contributed by atoms with Crippen LogP contribution in [0, 0.1) is 0 Å². The number of carbonyl (C=O) groups is 1. The zero-order chi connectivity index (χ0) is 19.8. The van der Waals surface area contributed by atoms with Crippen LogP contribution >= 0.6 is 11.8 Å². The maximum Gasteiger partial charge on any atom is 0.336 e. The summed E-state index contributed by atoms with van der Waals surface area (Å²) in [7, 11) is 0. The summed E-state index contributed by atoms with van der Waals surface area (Å²) < 4.78 is 16.3. The first-order valence-electron chi connectivity index (χ1n) is 9.38. The van der Waals surface area contributed by atoms with Crippen molar-refractivity contribution in [3.63, 3.8) is 0 Å². The molecule has 0 saturated heterocycles. The Kier molecular flexibility index (Phi) is 4.60. The van der Waals surface area contributed by atoms with Gasteiger partial charge < -0.3 is 13.6 Å². The van der Waals surface area contributed by atoms with Gasteiger partial charge in [-0.05, 0) is 54.7 Å². The molecule has 0 saturated carbocycles. The van der Waals surface area contributed by atoms with E-state index in [-0.39, 0.29) is 12.4 Å². The largest absolute Gasteiger partial charge is 0.460 e. The number of benzene rings is 2. The zero-order valence-electron chi connectivity index (χ0n) is 15.5. The zero-order valence-corrected chi connectivity index (χ0v) is 16.3. The van der Waals surface area contributed by atoms with Crippen molar-refractivity contribution in [3.8, 4) is 0 Å². The van der Waals surface area contributed by atoms with Crippen molar-refractivity contribution in [2.75, 3.05) is 5.75 Å². The molecular formula is C22H17NO5S. The molecule has 0 fully saturated rings. The molecule has 0 atom stereocenters. The van der Waals surface area contributed by atoms with Crippen molar-refractivity contribution >= 4 is 39.8 Å². The number of aryl methyl sites for hydroxylation is 2. The number of thioether (sulfide) groups is 1. The van der Waals surface area contributed by atoms with Gasteiger partial charge in [-0.3, -0.25) is 4.79 Å². The summed E-state index contributed by atoms with van der Waals surface area (Å²) >= 11 is 1.18. The highest BCUT2D eigenvalue weighted by Gasteiger charge is 2.16.